The van der Waals surface area contributed by atoms with Gasteiger partial charge in [-0.25, -0.2) is 9.97 Å². The molecule has 0 saturated carbocycles. The summed E-state index contributed by atoms with van der Waals surface area (Å²) in [7, 11) is 0. The molecule has 0 unspecified atom stereocenters. The molecule has 31 heavy (non-hydrogen) atoms. The van der Waals surface area contributed by atoms with Crippen LogP contribution in [-0.2, 0) is 6.18 Å². The maximum absolute atomic E-state index is 13.1. The second kappa shape index (κ2) is 8.19. The van der Waals surface area contributed by atoms with Gasteiger partial charge in [-0.15, -0.1) is 0 Å². The summed E-state index contributed by atoms with van der Waals surface area (Å²) in [6.07, 6.45) is -2.96. The van der Waals surface area contributed by atoms with E-state index in [1.165, 1.54) is 24.2 Å². The Morgan fingerprint density at radius 3 is 2.58 bits per heavy atom. The van der Waals surface area contributed by atoms with Gasteiger partial charge in [0, 0.05) is 28.0 Å². The van der Waals surface area contributed by atoms with E-state index in [0.29, 0.717) is 27.7 Å². The highest BCUT2D eigenvalue weighted by Crippen LogP contribution is 2.32. The number of carbonyl (C=O) groups is 1. The summed E-state index contributed by atoms with van der Waals surface area (Å²) in [5, 5.41) is 1.59. The Morgan fingerprint density at radius 1 is 1.03 bits per heavy atom. The molecule has 4 aromatic rings. The molecule has 0 saturated heterocycles. The van der Waals surface area contributed by atoms with E-state index in [9.17, 15) is 18.0 Å². The van der Waals surface area contributed by atoms with Gasteiger partial charge in [0.15, 0.2) is 5.78 Å². The quantitative estimate of drug-likeness (QED) is 0.216. The topological polar surface area (TPSA) is 47.8 Å². The van der Waals surface area contributed by atoms with Crippen molar-refractivity contribution < 1.29 is 18.0 Å². The van der Waals surface area contributed by atoms with E-state index in [0.717, 1.165) is 23.0 Å². The number of halogens is 3. The van der Waals surface area contributed by atoms with Crippen molar-refractivity contribution in [2.24, 2.45) is 0 Å². The molecule has 8 heteroatoms. The Morgan fingerprint density at radius 2 is 1.81 bits per heavy atom. The van der Waals surface area contributed by atoms with Crippen molar-refractivity contribution >= 4 is 28.4 Å². The number of thioether (sulfide) groups is 1. The van der Waals surface area contributed by atoms with Crippen LogP contribution in [0.4, 0.5) is 13.2 Å². The summed E-state index contributed by atoms with van der Waals surface area (Å²) in [6.45, 7) is 3.51. The Hall–Kier alpha value is -3.13. The molecule has 0 spiro atoms. The number of hydrogen-bond donors (Lipinski definition) is 0. The Bertz CT molecular complexity index is 1280. The van der Waals surface area contributed by atoms with Gasteiger partial charge in [-0.05, 0) is 44.2 Å². The highest BCUT2D eigenvalue weighted by molar-refractivity contribution is 8.00. The number of nitrogens with zero attached hydrogens (tertiary/aromatic N) is 3. The molecule has 2 aromatic carbocycles. The van der Waals surface area contributed by atoms with E-state index >= 15 is 0 Å². The van der Waals surface area contributed by atoms with Crippen LogP contribution in [0.3, 0.4) is 0 Å². The Kier molecular flexibility index (Phi) is 5.58. The minimum Gasteiger partial charge on any atom is -0.318 e. The zero-order valence-corrected chi connectivity index (χ0v) is 17.6. The van der Waals surface area contributed by atoms with Crippen molar-refractivity contribution in [2.75, 3.05) is 5.75 Å². The largest absolute Gasteiger partial charge is 0.416 e. The van der Waals surface area contributed by atoms with Gasteiger partial charge in [-0.3, -0.25) is 4.79 Å². The lowest BCUT2D eigenvalue weighted by atomic mass is 10.1. The van der Waals surface area contributed by atoms with Crippen LogP contribution in [-0.4, -0.2) is 26.1 Å². The predicted molar refractivity (Wildman–Crippen MR) is 115 cm³/mol. The molecule has 2 aromatic heterocycles. The fraction of sp³-hybridized carbons (Fsp3) is 0.174. The summed E-state index contributed by atoms with van der Waals surface area (Å²) < 4.78 is 41.0. The van der Waals surface area contributed by atoms with Gasteiger partial charge in [0.1, 0.15) is 11.4 Å². The molecule has 0 radical (unpaired) electrons. The van der Waals surface area contributed by atoms with E-state index in [1.54, 1.807) is 30.5 Å². The first-order valence-corrected chi connectivity index (χ1v) is 10.5. The zero-order valence-electron chi connectivity index (χ0n) is 16.8. The van der Waals surface area contributed by atoms with Gasteiger partial charge < -0.3 is 4.57 Å². The molecular formula is C23H18F3N3OS. The average molecular weight is 441 g/mol. The molecule has 0 bridgehead atoms. The fourth-order valence-corrected chi connectivity index (χ4v) is 4.44. The first-order valence-electron chi connectivity index (χ1n) is 9.48. The summed E-state index contributed by atoms with van der Waals surface area (Å²) in [5.74, 6) is 0.0486. The Balaban J connectivity index is 1.61. The third-order valence-corrected chi connectivity index (χ3v) is 6.01. The van der Waals surface area contributed by atoms with E-state index in [1.807, 2.05) is 24.3 Å². The number of hydrogen-bond acceptors (Lipinski definition) is 4. The van der Waals surface area contributed by atoms with Crippen molar-refractivity contribution in [1.29, 1.82) is 0 Å². The fourth-order valence-electron chi connectivity index (χ4n) is 3.57. The molecule has 0 amide bonds. The molecule has 0 atom stereocenters. The van der Waals surface area contributed by atoms with Gasteiger partial charge in [0.25, 0.3) is 0 Å². The van der Waals surface area contributed by atoms with Crippen LogP contribution in [0.25, 0.3) is 16.6 Å². The highest BCUT2D eigenvalue weighted by atomic mass is 32.2. The molecular weight excluding hydrogens is 423 g/mol. The van der Waals surface area contributed by atoms with Gasteiger partial charge in [-0.2, -0.15) is 13.2 Å². The number of fused-ring (bicyclic) bond motifs is 1. The molecule has 0 aliphatic heterocycles. The molecule has 158 valence electrons. The van der Waals surface area contributed by atoms with Crippen molar-refractivity contribution in [3.63, 3.8) is 0 Å². The molecule has 2 heterocycles. The number of benzene rings is 2. The first kappa shape index (κ1) is 21.1. The van der Waals surface area contributed by atoms with Crippen LogP contribution in [0.1, 0.15) is 27.3 Å². The van der Waals surface area contributed by atoms with Gasteiger partial charge in [0.05, 0.1) is 16.8 Å². The maximum Gasteiger partial charge on any atom is 0.416 e. The maximum atomic E-state index is 13.1. The van der Waals surface area contributed by atoms with Crippen LogP contribution >= 0.6 is 11.8 Å². The van der Waals surface area contributed by atoms with Crippen molar-refractivity contribution in [3.05, 3.63) is 83.4 Å². The normalized spacial score (nSPS) is 11.8. The summed E-state index contributed by atoms with van der Waals surface area (Å²) in [4.78, 5) is 21.4. The number of alkyl halides is 3. The summed E-state index contributed by atoms with van der Waals surface area (Å²) in [6, 6.07) is 14.4. The zero-order chi connectivity index (χ0) is 22.2. The Labute approximate surface area is 181 Å². The van der Waals surface area contributed by atoms with Crippen molar-refractivity contribution in [1.82, 2.24) is 14.5 Å². The van der Waals surface area contributed by atoms with E-state index in [-0.39, 0.29) is 11.5 Å². The first-order chi connectivity index (χ1) is 14.8. The lowest BCUT2D eigenvalue weighted by Gasteiger charge is -2.13. The van der Waals surface area contributed by atoms with Crippen LogP contribution in [0.2, 0.25) is 0 Å². The second-order valence-electron chi connectivity index (χ2n) is 7.08. The van der Waals surface area contributed by atoms with Gasteiger partial charge in [-0.1, -0.05) is 36.0 Å². The lowest BCUT2D eigenvalue weighted by Crippen LogP contribution is -2.08. The van der Waals surface area contributed by atoms with E-state index < -0.39 is 11.7 Å². The lowest BCUT2D eigenvalue weighted by molar-refractivity contribution is -0.137. The standard InChI is InChI=1S/C23H18F3N3OS/c1-14-10-19(15(2)29(14)17-7-5-6-16(11-17)23(24,25)26)21(30)12-31-22-18-8-3-4-9-20(18)27-13-28-22/h3-11,13H,12H2,1-2H3. The average Bonchev–Trinajstić information content (AvgIpc) is 3.05. The molecule has 0 aliphatic rings. The van der Waals surface area contributed by atoms with E-state index in [4.69, 9.17) is 0 Å². The second-order valence-corrected chi connectivity index (χ2v) is 8.04. The van der Waals surface area contributed by atoms with Crippen molar-refractivity contribution in [3.8, 4) is 5.69 Å². The highest BCUT2D eigenvalue weighted by Gasteiger charge is 2.30. The number of ketones is 1. The number of Topliss-reactive ketones (excluding diaryl/α,β-unsaturated/α-hetero) is 1. The number of para-hydroxylation sites is 1. The van der Waals surface area contributed by atoms with Crippen LogP contribution in [0.5, 0.6) is 0 Å². The smallest absolute Gasteiger partial charge is 0.318 e. The number of carbonyl (C=O) groups excluding carboxylic acids is 1. The minimum absolute atomic E-state index is 0.112. The van der Waals surface area contributed by atoms with E-state index in [2.05, 4.69) is 9.97 Å². The third kappa shape index (κ3) is 4.20. The van der Waals surface area contributed by atoms with Gasteiger partial charge in [0.2, 0.25) is 0 Å². The molecule has 4 rings (SSSR count). The van der Waals surface area contributed by atoms with Crippen molar-refractivity contribution in [2.45, 2.75) is 25.0 Å². The summed E-state index contributed by atoms with van der Waals surface area (Å²) >= 11 is 1.32. The third-order valence-electron chi connectivity index (χ3n) is 5.01. The van der Waals surface area contributed by atoms with Crippen LogP contribution in [0, 0.1) is 13.8 Å². The van der Waals surface area contributed by atoms with Crippen LogP contribution in [0.15, 0.2) is 66.0 Å². The van der Waals surface area contributed by atoms with Crippen LogP contribution < -0.4 is 0 Å². The molecule has 0 aliphatic carbocycles. The molecule has 4 nitrogen and oxygen atoms in total. The predicted octanol–water partition coefficient (Wildman–Crippen LogP) is 6.03. The number of aryl methyl sites for hydroxylation is 1. The molecule has 0 N–H and O–H groups in total. The van der Waals surface area contributed by atoms with Gasteiger partial charge >= 0.3 is 6.18 Å². The molecule has 0 fully saturated rings. The monoisotopic (exact) mass is 441 g/mol. The number of aromatic nitrogens is 3. The minimum atomic E-state index is -4.43. The summed E-state index contributed by atoms with van der Waals surface area (Å²) in [5.41, 5.74) is 2.23. The SMILES string of the molecule is Cc1cc(C(=O)CSc2ncnc3ccccc23)c(C)n1-c1cccc(C(F)(F)F)c1. The number of rotatable bonds is 5.